The Hall–Kier alpha value is -18.2. The Labute approximate surface area is 890 Å². The lowest BCUT2D eigenvalue weighted by molar-refractivity contribution is 0.415. The molecule has 19 aromatic rings. The van der Waals surface area contributed by atoms with Gasteiger partial charge < -0.3 is 19.4 Å². The normalized spacial score (nSPS) is 11.5. The van der Waals surface area contributed by atoms with E-state index < -0.39 is 0 Å². The van der Waals surface area contributed by atoms with Crippen molar-refractivity contribution in [2.24, 2.45) is 0 Å². The summed E-state index contributed by atoms with van der Waals surface area (Å²) >= 11 is 0. The molecule has 0 amide bonds. The summed E-state index contributed by atoms with van der Waals surface area (Å²) < 4.78 is 5.49. The lowest BCUT2D eigenvalue weighted by atomic mass is 9.93. The second-order valence-electron chi connectivity index (χ2n) is 38.4. The Morgan fingerprint density at radius 1 is 0.173 bits per heavy atom. The van der Waals surface area contributed by atoms with E-state index in [4.69, 9.17) is 4.74 Å². The lowest BCUT2D eigenvalue weighted by Crippen LogP contribution is -2.11. The average molecular weight is 1940 g/mol. The summed E-state index contributed by atoms with van der Waals surface area (Å²) in [4.78, 5) is 6.95. The van der Waals surface area contributed by atoms with Gasteiger partial charge in [-0.25, -0.2) is 0 Å². The summed E-state index contributed by atoms with van der Waals surface area (Å²) in [5.74, 6) is 0.826. The van der Waals surface area contributed by atoms with Crippen LogP contribution in [0.4, 0.5) is 51.2 Å². The fraction of sp³-hybridized carbons (Fsp3) is 0.0822. The Morgan fingerprint density at radius 2 is 0.407 bits per heavy atom. The number of allylic oxidation sites excluding steroid dienone is 8. The van der Waals surface area contributed by atoms with Gasteiger partial charge in [-0.1, -0.05) is 470 Å². The van der Waals surface area contributed by atoms with E-state index in [9.17, 15) is 0 Å². The molecule has 0 fully saturated rings. The SMILES string of the molecule is COc1ccc(N(c2ccc(/C=C/C=C(c3ccc(C)cc3)c3ccc(C)cc3)cc2)c2ccc(/C=C/C=C(c3ccc(C)cc3)c3ccc(C)cc3)cc2)cc1.Cc1ccc(N(c2ccc(/C=C(/c3ccccc3)c3ccc(C)c(C)c3)cc2)c2ccc(/C=C(/c3ccccc3)c3ccc(C)c(C)c3)cc2)c(C)c1.Cc1ccc(N(c2ccc(/C=C/C=C/c3ccccc3)cc2)c2ccc(/C=C/C=C/c3ccccc3)cc2)cc1. The number of benzene rings is 19. The van der Waals surface area contributed by atoms with Gasteiger partial charge in [-0.05, 0) is 343 Å². The van der Waals surface area contributed by atoms with Crippen LogP contribution in [-0.2, 0) is 0 Å². The minimum absolute atomic E-state index is 0.826. The molecule has 0 N–H and O–H groups in total. The van der Waals surface area contributed by atoms with E-state index in [-0.39, 0.29) is 0 Å². The maximum Gasteiger partial charge on any atom is 0.119 e. The Kier molecular flexibility index (Phi) is 35.1. The van der Waals surface area contributed by atoms with E-state index in [1.54, 1.807) is 7.11 Å². The van der Waals surface area contributed by atoms with Gasteiger partial charge >= 0.3 is 0 Å². The van der Waals surface area contributed by atoms with E-state index in [1.165, 1.54) is 145 Å². The van der Waals surface area contributed by atoms with Crippen LogP contribution in [-0.4, -0.2) is 7.11 Å². The van der Waals surface area contributed by atoms with Crippen LogP contribution < -0.4 is 19.4 Å². The molecule has 0 aliphatic heterocycles. The van der Waals surface area contributed by atoms with Crippen molar-refractivity contribution < 1.29 is 4.74 Å². The van der Waals surface area contributed by atoms with E-state index >= 15 is 0 Å². The quantitative estimate of drug-likeness (QED) is 0.0330. The molecular formula is C146H129N3O. The molecule has 0 saturated heterocycles. The molecule has 150 heavy (non-hydrogen) atoms. The summed E-state index contributed by atoms with van der Waals surface area (Å²) in [6.45, 7) is 23.7. The number of nitrogens with zero attached hydrogens (tertiary/aromatic N) is 3. The molecule has 0 saturated carbocycles. The molecule has 19 rings (SSSR count). The fourth-order valence-corrected chi connectivity index (χ4v) is 18.2. The third kappa shape index (κ3) is 28.1. The Bertz CT molecular complexity index is 7510. The largest absolute Gasteiger partial charge is 0.497 e. The van der Waals surface area contributed by atoms with Crippen molar-refractivity contribution in [2.75, 3.05) is 21.8 Å². The first-order valence-electron chi connectivity index (χ1n) is 51.6. The number of methoxy groups -OCH3 is 1. The average Bonchev–Trinajstić information content (AvgIpc) is 0.786. The highest BCUT2D eigenvalue weighted by Crippen LogP contribution is 2.43. The summed E-state index contributed by atoms with van der Waals surface area (Å²) in [5.41, 5.74) is 47.7. The zero-order valence-corrected chi connectivity index (χ0v) is 87.9. The molecule has 4 nitrogen and oxygen atoms in total. The maximum atomic E-state index is 5.49. The molecule has 0 unspecified atom stereocenters. The van der Waals surface area contributed by atoms with Crippen LogP contribution in [0.2, 0.25) is 0 Å². The molecule has 19 aromatic carbocycles. The standard InChI is InChI=1S/C55H49NO.C52H47N.C39H33N/c1-40-12-24-46(25-13-40)54(47-26-14-41(2)15-27-47)10-6-8-44-20-32-50(33-21-44)56(52-36-38-53(57-5)39-37-52)51-34-22-45(23-35-51)9-7-11-55(48-28-16-42(3)17-29-48)49-30-18-43(4)19-31-49;1-36-17-30-52(41(6)31-36)53(48-26-20-42(21-27-48)34-50(44-13-9-7-10-14-44)46-24-18-37(2)39(4)32-46)49-28-22-43(23-29-49)35-51(45-15-11-8-12-16-45)47-25-19-38(3)40(5)33-47;1-32-20-26-37(27-21-32)40(38-28-22-35(23-29-38)18-10-8-16-33-12-4-2-5-13-33)39-30-24-36(25-31-39)19-11-9-17-34-14-6-3-7-15-34/h6-39H,1-5H3;7-35H,1-6H3;2-31H,1H3/b8-6+,9-7+;50-34-,51-35-;16-8+,17-9+,18-10+,19-11+. The third-order valence-corrected chi connectivity index (χ3v) is 27.1. The van der Waals surface area contributed by atoms with Crippen molar-refractivity contribution in [1.82, 2.24) is 0 Å². The van der Waals surface area contributed by atoms with Crippen LogP contribution in [0, 0.1) is 76.2 Å². The van der Waals surface area contributed by atoms with Crippen LogP contribution in [0.1, 0.15) is 150 Å². The number of aryl methyl sites for hydroxylation is 11. The van der Waals surface area contributed by atoms with E-state index in [0.717, 1.165) is 84.6 Å². The summed E-state index contributed by atoms with van der Waals surface area (Å²) in [7, 11) is 1.70. The van der Waals surface area contributed by atoms with E-state index in [0.29, 0.717) is 0 Å². The minimum Gasteiger partial charge on any atom is -0.497 e. The fourth-order valence-electron chi connectivity index (χ4n) is 18.2. The molecule has 0 spiro atoms. The highest BCUT2D eigenvalue weighted by molar-refractivity contribution is 5.95. The number of hydrogen-bond donors (Lipinski definition) is 0. The maximum absolute atomic E-state index is 5.49. The van der Waals surface area contributed by atoms with Crippen LogP contribution in [0.15, 0.2) is 516 Å². The second kappa shape index (κ2) is 51.0. The molecular weight excluding hydrogens is 1810 g/mol. The molecule has 4 heteroatoms. The first kappa shape index (κ1) is 103. The molecule has 0 aromatic heterocycles. The van der Waals surface area contributed by atoms with Crippen molar-refractivity contribution in [3.63, 3.8) is 0 Å². The predicted octanol–water partition coefficient (Wildman–Crippen LogP) is 39.8. The van der Waals surface area contributed by atoms with Gasteiger partial charge in [0.1, 0.15) is 5.75 Å². The molecule has 0 aliphatic carbocycles. The number of hydrogen-bond acceptors (Lipinski definition) is 4. The molecule has 0 bridgehead atoms. The first-order valence-corrected chi connectivity index (χ1v) is 51.6. The van der Waals surface area contributed by atoms with Crippen LogP contribution in [0.3, 0.4) is 0 Å². The van der Waals surface area contributed by atoms with Crippen LogP contribution in [0.5, 0.6) is 5.75 Å². The van der Waals surface area contributed by atoms with Crippen molar-refractivity contribution in [1.29, 1.82) is 0 Å². The number of rotatable bonds is 30. The van der Waals surface area contributed by atoms with Gasteiger partial charge in [0.2, 0.25) is 0 Å². The van der Waals surface area contributed by atoms with Gasteiger partial charge in [0.15, 0.2) is 0 Å². The first-order chi connectivity index (χ1) is 73.3. The van der Waals surface area contributed by atoms with Crippen molar-refractivity contribution >= 4 is 122 Å². The summed E-state index contributed by atoms with van der Waals surface area (Å²) in [5, 5.41) is 0. The third-order valence-electron chi connectivity index (χ3n) is 27.1. The molecule has 734 valence electrons. The van der Waals surface area contributed by atoms with Crippen molar-refractivity contribution in [3.8, 4) is 5.75 Å². The van der Waals surface area contributed by atoms with Crippen LogP contribution in [0.25, 0.3) is 70.9 Å². The van der Waals surface area contributed by atoms with Crippen molar-refractivity contribution in [2.45, 2.75) is 76.2 Å². The number of anilines is 9. The molecule has 0 atom stereocenters. The van der Waals surface area contributed by atoms with Gasteiger partial charge in [0.05, 0.1) is 7.11 Å². The summed E-state index contributed by atoms with van der Waals surface area (Å²) in [6, 6.07) is 167. The Balaban J connectivity index is 0.000000155. The van der Waals surface area contributed by atoms with Crippen molar-refractivity contribution in [3.05, 3.63) is 666 Å². The molecule has 0 radical (unpaired) electrons. The second-order valence-corrected chi connectivity index (χ2v) is 38.4. The predicted molar refractivity (Wildman–Crippen MR) is 649 cm³/mol. The monoisotopic (exact) mass is 1940 g/mol. The van der Waals surface area contributed by atoms with Gasteiger partial charge in [0, 0.05) is 51.2 Å². The highest BCUT2D eigenvalue weighted by atomic mass is 16.5. The van der Waals surface area contributed by atoms with Gasteiger partial charge in [-0.15, -0.1) is 0 Å². The van der Waals surface area contributed by atoms with Gasteiger partial charge in [-0.3, -0.25) is 0 Å². The van der Waals surface area contributed by atoms with E-state index in [1.807, 2.05) is 24.3 Å². The Morgan fingerprint density at radius 3 is 0.693 bits per heavy atom. The topological polar surface area (TPSA) is 19.0 Å². The minimum atomic E-state index is 0.826. The van der Waals surface area contributed by atoms with Crippen LogP contribution >= 0.6 is 0 Å². The molecule has 0 aliphatic rings. The highest BCUT2D eigenvalue weighted by Gasteiger charge is 2.20. The van der Waals surface area contributed by atoms with Gasteiger partial charge in [-0.2, -0.15) is 0 Å². The number of ether oxygens (including phenoxy) is 1. The summed E-state index contributed by atoms with van der Waals surface area (Å²) in [6.07, 6.45) is 34.5. The van der Waals surface area contributed by atoms with Gasteiger partial charge in [0.25, 0.3) is 0 Å². The zero-order valence-electron chi connectivity index (χ0n) is 87.9. The smallest absolute Gasteiger partial charge is 0.119 e. The zero-order chi connectivity index (χ0) is 104. The lowest BCUT2D eigenvalue weighted by Gasteiger charge is -2.27. The van der Waals surface area contributed by atoms with E-state index in [2.05, 4.69) is 631 Å². The molecule has 0 heterocycles.